The van der Waals surface area contributed by atoms with E-state index in [2.05, 4.69) is 17.2 Å². The number of imidazole rings is 1. The monoisotopic (exact) mass is 233 g/mol. The molecule has 1 aromatic carbocycles. The molecule has 1 aromatic heterocycles. The number of halogens is 1. The Bertz CT molecular complexity index is 479. The fourth-order valence-electron chi connectivity index (χ4n) is 1.65. The maximum atomic E-state index is 13.5. The van der Waals surface area contributed by atoms with Gasteiger partial charge in [-0.2, -0.15) is 0 Å². The van der Waals surface area contributed by atoms with E-state index in [9.17, 15) is 4.39 Å². The summed E-state index contributed by atoms with van der Waals surface area (Å²) in [7, 11) is 0. The minimum atomic E-state index is -0.178. The van der Waals surface area contributed by atoms with E-state index < -0.39 is 0 Å². The summed E-state index contributed by atoms with van der Waals surface area (Å²) in [6, 6.07) is 6.81. The number of aromatic nitrogens is 2. The van der Waals surface area contributed by atoms with Gasteiger partial charge in [0, 0.05) is 24.5 Å². The fraction of sp³-hybridized carbons (Fsp3) is 0.308. The zero-order chi connectivity index (χ0) is 12.1. The number of anilines is 1. The van der Waals surface area contributed by atoms with E-state index in [1.54, 1.807) is 18.3 Å². The van der Waals surface area contributed by atoms with Crippen LogP contribution in [0.4, 0.5) is 10.3 Å². The molecule has 0 fully saturated rings. The highest BCUT2D eigenvalue weighted by Gasteiger charge is 2.05. The molecule has 0 radical (unpaired) electrons. The topological polar surface area (TPSA) is 29.9 Å². The van der Waals surface area contributed by atoms with Gasteiger partial charge in [0.25, 0.3) is 0 Å². The van der Waals surface area contributed by atoms with Crippen molar-refractivity contribution in [3.63, 3.8) is 0 Å². The summed E-state index contributed by atoms with van der Waals surface area (Å²) < 4.78 is 15.4. The van der Waals surface area contributed by atoms with Crippen molar-refractivity contribution in [3.05, 3.63) is 48.0 Å². The summed E-state index contributed by atoms with van der Waals surface area (Å²) in [4.78, 5) is 4.21. The highest BCUT2D eigenvalue weighted by molar-refractivity contribution is 5.28. The molecule has 0 saturated heterocycles. The van der Waals surface area contributed by atoms with Gasteiger partial charge in [0.1, 0.15) is 5.82 Å². The van der Waals surface area contributed by atoms with Crippen LogP contribution in [0.1, 0.15) is 18.9 Å². The summed E-state index contributed by atoms with van der Waals surface area (Å²) in [5.74, 6) is 0.609. The largest absolute Gasteiger partial charge is 0.356 e. The van der Waals surface area contributed by atoms with Crippen molar-refractivity contribution in [2.24, 2.45) is 0 Å². The van der Waals surface area contributed by atoms with Crippen LogP contribution in [0.5, 0.6) is 0 Å². The zero-order valence-electron chi connectivity index (χ0n) is 9.86. The first kappa shape index (κ1) is 11.6. The number of benzene rings is 1. The van der Waals surface area contributed by atoms with Crippen LogP contribution in [0.15, 0.2) is 36.7 Å². The van der Waals surface area contributed by atoms with Gasteiger partial charge in [-0.25, -0.2) is 9.37 Å². The highest BCUT2D eigenvalue weighted by Crippen LogP contribution is 2.12. The summed E-state index contributed by atoms with van der Waals surface area (Å²) in [5.41, 5.74) is 0.671. The molecular formula is C13H16FN3. The Morgan fingerprint density at radius 2 is 2.18 bits per heavy atom. The minimum absolute atomic E-state index is 0.178. The number of nitrogens with zero attached hydrogens (tertiary/aromatic N) is 2. The normalized spacial score (nSPS) is 10.5. The molecule has 0 aliphatic heterocycles. The molecule has 0 aliphatic rings. The second-order valence-corrected chi connectivity index (χ2v) is 3.90. The van der Waals surface area contributed by atoms with Crippen LogP contribution < -0.4 is 5.32 Å². The number of rotatable bonds is 5. The third-order valence-corrected chi connectivity index (χ3v) is 2.55. The SMILES string of the molecule is CCCNc1nccn1Cc1ccccc1F. The van der Waals surface area contributed by atoms with Gasteiger partial charge >= 0.3 is 0 Å². The lowest BCUT2D eigenvalue weighted by molar-refractivity contribution is 0.600. The maximum Gasteiger partial charge on any atom is 0.203 e. The first-order chi connectivity index (χ1) is 8.31. The molecule has 17 heavy (non-hydrogen) atoms. The lowest BCUT2D eigenvalue weighted by atomic mass is 10.2. The molecule has 0 unspecified atom stereocenters. The molecule has 0 spiro atoms. The van der Waals surface area contributed by atoms with Gasteiger partial charge < -0.3 is 9.88 Å². The molecule has 3 nitrogen and oxygen atoms in total. The van der Waals surface area contributed by atoms with Crippen LogP contribution in [-0.2, 0) is 6.54 Å². The summed E-state index contributed by atoms with van der Waals surface area (Å²) >= 11 is 0. The predicted molar refractivity (Wildman–Crippen MR) is 66.5 cm³/mol. The quantitative estimate of drug-likeness (QED) is 0.860. The molecule has 4 heteroatoms. The van der Waals surface area contributed by atoms with Crippen molar-refractivity contribution in [1.82, 2.24) is 9.55 Å². The molecule has 0 atom stereocenters. The van der Waals surface area contributed by atoms with Gasteiger partial charge in [-0.05, 0) is 12.5 Å². The summed E-state index contributed by atoms with van der Waals surface area (Å²) in [6.07, 6.45) is 4.61. The minimum Gasteiger partial charge on any atom is -0.356 e. The second-order valence-electron chi connectivity index (χ2n) is 3.90. The van der Waals surface area contributed by atoms with Gasteiger partial charge in [0.05, 0.1) is 6.54 Å². The first-order valence-electron chi connectivity index (χ1n) is 5.79. The second kappa shape index (κ2) is 5.48. The Hall–Kier alpha value is -1.84. The van der Waals surface area contributed by atoms with Crippen LogP contribution >= 0.6 is 0 Å². The Morgan fingerprint density at radius 1 is 1.35 bits per heavy atom. The smallest absolute Gasteiger partial charge is 0.203 e. The molecule has 1 heterocycles. The van der Waals surface area contributed by atoms with E-state index in [0.29, 0.717) is 12.1 Å². The van der Waals surface area contributed by atoms with Crippen LogP contribution in [-0.4, -0.2) is 16.1 Å². The van der Waals surface area contributed by atoms with E-state index >= 15 is 0 Å². The van der Waals surface area contributed by atoms with Gasteiger partial charge in [-0.3, -0.25) is 0 Å². The Morgan fingerprint density at radius 3 is 2.94 bits per heavy atom. The first-order valence-corrected chi connectivity index (χ1v) is 5.79. The third-order valence-electron chi connectivity index (χ3n) is 2.55. The maximum absolute atomic E-state index is 13.5. The zero-order valence-corrected chi connectivity index (χ0v) is 9.86. The molecule has 1 N–H and O–H groups in total. The Labute approximate surface area is 100 Å². The van der Waals surface area contributed by atoms with Gasteiger partial charge in [0.2, 0.25) is 5.95 Å². The van der Waals surface area contributed by atoms with E-state index in [-0.39, 0.29) is 5.82 Å². The molecule has 2 aromatic rings. The van der Waals surface area contributed by atoms with Crippen molar-refractivity contribution in [3.8, 4) is 0 Å². The van der Waals surface area contributed by atoms with Gasteiger partial charge in [-0.15, -0.1) is 0 Å². The molecule has 90 valence electrons. The van der Waals surface area contributed by atoms with Crippen LogP contribution in [0.3, 0.4) is 0 Å². The third kappa shape index (κ3) is 2.84. The predicted octanol–water partition coefficient (Wildman–Crippen LogP) is 2.89. The van der Waals surface area contributed by atoms with E-state index in [0.717, 1.165) is 18.9 Å². The molecule has 0 bridgehead atoms. The van der Waals surface area contributed by atoms with Crippen molar-refractivity contribution >= 4 is 5.95 Å². The van der Waals surface area contributed by atoms with Gasteiger partial charge in [-0.1, -0.05) is 25.1 Å². The van der Waals surface area contributed by atoms with Gasteiger partial charge in [0.15, 0.2) is 0 Å². The Balaban J connectivity index is 2.13. The van der Waals surface area contributed by atoms with Crippen molar-refractivity contribution in [2.75, 3.05) is 11.9 Å². The number of nitrogens with one attached hydrogen (secondary N) is 1. The number of hydrogen-bond donors (Lipinski definition) is 1. The standard InChI is InChI=1S/C13H16FN3/c1-2-7-15-13-16-8-9-17(13)10-11-5-3-4-6-12(11)14/h3-6,8-9H,2,7,10H2,1H3,(H,15,16). The van der Waals surface area contributed by atoms with Crippen molar-refractivity contribution < 1.29 is 4.39 Å². The van der Waals surface area contributed by atoms with Crippen molar-refractivity contribution in [1.29, 1.82) is 0 Å². The fourth-order valence-corrected chi connectivity index (χ4v) is 1.65. The molecular weight excluding hydrogens is 217 g/mol. The lowest BCUT2D eigenvalue weighted by Crippen LogP contribution is -2.09. The average Bonchev–Trinajstić information content (AvgIpc) is 2.77. The van der Waals surface area contributed by atoms with Crippen LogP contribution in [0.2, 0.25) is 0 Å². The van der Waals surface area contributed by atoms with E-state index in [1.165, 1.54) is 6.07 Å². The molecule has 0 saturated carbocycles. The van der Waals surface area contributed by atoms with E-state index in [4.69, 9.17) is 0 Å². The van der Waals surface area contributed by atoms with Crippen molar-refractivity contribution in [2.45, 2.75) is 19.9 Å². The molecule has 0 aliphatic carbocycles. The highest BCUT2D eigenvalue weighted by atomic mass is 19.1. The summed E-state index contributed by atoms with van der Waals surface area (Å²) in [5, 5.41) is 3.21. The molecule has 2 rings (SSSR count). The summed E-state index contributed by atoms with van der Waals surface area (Å²) in [6.45, 7) is 3.46. The Kier molecular flexibility index (Phi) is 3.75. The van der Waals surface area contributed by atoms with Crippen LogP contribution in [0.25, 0.3) is 0 Å². The van der Waals surface area contributed by atoms with Crippen LogP contribution in [0, 0.1) is 5.82 Å². The average molecular weight is 233 g/mol. The molecule has 0 amide bonds. The lowest BCUT2D eigenvalue weighted by Gasteiger charge is -2.09. The van der Waals surface area contributed by atoms with E-state index in [1.807, 2.05) is 16.8 Å². The number of hydrogen-bond acceptors (Lipinski definition) is 2.